The molecule has 0 aliphatic rings. The summed E-state index contributed by atoms with van der Waals surface area (Å²) in [4.78, 5) is 9.83. The third-order valence-electron chi connectivity index (χ3n) is 0.712. The molecule has 0 N–H and O–H groups in total. The van der Waals surface area contributed by atoms with Gasteiger partial charge >= 0.3 is 0 Å². The van der Waals surface area contributed by atoms with Crippen LogP contribution in [-0.2, 0) is 4.79 Å². The van der Waals surface area contributed by atoms with Gasteiger partial charge in [-0.3, -0.25) is 4.79 Å². The number of hydrogen-bond donors (Lipinski definition) is 0. The van der Waals surface area contributed by atoms with E-state index in [9.17, 15) is 4.79 Å². The molecule has 0 aliphatic heterocycles. The highest BCUT2D eigenvalue weighted by molar-refractivity contribution is 5.71. The maximum atomic E-state index is 9.83. The number of aldehydes is 1. The zero-order valence-corrected chi connectivity index (χ0v) is 4.77. The van der Waals surface area contributed by atoms with Gasteiger partial charge in [0.2, 0.25) is 0 Å². The van der Waals surface area contributed by atoms with Crippen molar-refractivity contribution in [1.29, 1.82) is 0 Å². The fourth-order valence-corrected chi connectivity index (χ4v) is 0.370. The van der Waals surface area contributed by atoms with E-state index in [1.807, 2.05) is 13.0 Å². The van der Waals surface area contributed by atoms with E-state index in [1.54, 1.807) is 6.92 Å². The zero-order valence-electron chi connectivity index (χ0n) is 4.77. The minimum Gasteiger partial charge on any atom is -0.298 e. The molecule has 7 heavy (non-hydrogen) atoms. The van der Waals surface area contributed by atoms with E-state index in [4.69, 9.17) is 0 Å². The van der Waals surface area contributed by atoms with Crippen molar-refractivity contribution >= 4 is 6.29 Å². The van der Waals surface area contributed by atoms with Gasteiger partial charge in [-0.05, 0) is 18.9 Å². The molecule has 1 nitrogen and oxygen atoms in total. The fourth-order valence-electron chi connectivity index (χ4n) is 0.370. The summed E-state index contributed by atoms with van der Waals surface area (Å²) in [7, 11) is 0. The van der Waals surface area contributed by atoms with Gasteiger partial charge in [-0.15, -0.1) is 0 Å². The van der Waals surface area contributed by atoms with Gasteiger partial charge in [0.05, 0.1) is 0 Å². The molecule has 0 amide bonds. The molecule has 0 unspecified atom stereocenters. The summed E-state index contributed by atoms with van der Waals surface area (Å²) in [6, 6.07) is 0. The molecule has 0 aliphatic carbocycles. The van der Waals surface area contributed by atoms with Crippen LogP contribution < -0.4 is 0 Å². The average molecular weight is 98.1 g/mol. The quantitative estimate of drug-likeness (QED) is 0.378. The smallest absolute Gasteiger partial charge is 0.145 e. The van der Waals surface area contributed by atoms with Crippen LogP contribution in [0.15, 0.2) is 11.6 Å². The summed E-state index contributed by atoms with van der Waals surface area (Å²) in [5.74, 6) is 0. The summed E-state index contributed by atoms with van der Waals surface area (Å²) in [6.45, 7) is 3.81. The van der Waals surface area contributed by atoms with Crippen molar-refractivity contribution in [3.8, 4) is 0 Å². The molecule has 0 aromatic carbocycles. The van der Waals surface area contributed by atoms with Crippen molar-refractivity contribution in [1.82, 2.24) is 0 Å². The van der Waals surface area contributed by atoms with E-state index >= 15 is 0 Å². The summed E-state index contributed by atoms with van der Waals surface area (Å²) in [5, 5.41) is 0. The Bertz CT molecular complexity index is 82.2. The largest absolute Gasteiger partial charge is 0.298 e. The summed E-state index contributed by atoms with van der Waals surface area (Å²) >= 11 is 0. The molecule has 0 atom stereocenters. The SMILES string of the molecule is CC/C=C(\C)C=O. The highest BCUT2D eigenvalue weighted by Gasteiger charge is 1.76. The third-order valence-corrected chi connectivity index (χ3v) is 0.712. The molecule has 0 bridgehead atoms. The van der Waals surface area contributed by atoms with E-state index in [2.05, 4.69) is 0 Å². The van der Waals surface area contributed by atoms with E-state index in [-0.39, 0.29) is 0 Å². The Morgan fingerprint density at radius 1 is 1.71 bits per heavy atom. The van der Waals surface area contributed by atoms with Crippen LogP contribution in [0.4, 0.5) is 0 Å². The van der Waals surface area contributed by atoms with Crippen molar-refractivity contribution in [3.05, 3.63) is 11.6 Å². The Kier molecular flexibility index (Phi) is 3.29. The normalized spacial score (nSPS) is 11.4. The molecule has 0 spiro atoms. The van der Waals surface area contributed by atoms with Gasteiger partial charge in [-0.2, -0.15) is 0 Å². The predicted octanol–water partition coefficient (Wildman–Crippen LogP) is 1.54. The van der Waals surface area contributed by atoms with Crippen LogP contribution >= 0.6 is 0 Å². The minimum atomic E-state index is 0.822. The Labute approximate surface area is 44.0 Å². The van der Waals surface area contributed by atoms with E-state index < -0.39 is 0 Å². The number of carbonyl (C=O) groups is 1. The zero-order chi connectivity index (χ0) is 5.70. The third kappa shape index (κ3) is 3.23. The first-order chi connectivity index (χ1) is 3.31. The molecule has 0 saturated carbocycles. The van der Waals surface area contributed by atoms with Crippen LogP contribution in [0, 0.1) is 0 Å². The summed E-state index contributed by atoms with van der Waals surface area (Å²) < 4.78 is 0. The van der Waals surface area contributed by atoms with Crippen LogP contribution in [0.1, 0.15) is 20.3 Å². The first kappa shape index (κ1) is 6.41. The van der Waals surface area contributed by atoms with Gasteiger partial charge in [-0.1, -0.05) is 13.0 Å². The standard InChI is InChI=1S/C6H10O/c1-3-4-6(2)5-7/h4-5H,3H2,1-2H3/b6-4+. The topological polar surface area (TPSA) is 17.1 Å². The summed E-state index contributed by atoms with van der Waals surface area (Å²) in [6.07, 6.45) is 3.71. The van der Waals surface area contributed by atoms with Crippen LogP contribution in [0.5, 0.6) is 0 Å². The maximum Gasteiger partial charge on any atom is 0.145 e. The van der Waals surface area contributed by atoms with Crippen molar-refractivity contribution in [2.45, 2.75) is 20.3 Å². The average Bonchev–Trinajstić information content (AvgIpc) is 1.68. The lowest BCUT2D eigenvalue weighted by Crippen LogP contribution is -1.72. The molecule has 0 rings (SSSR count). The van der Waals surface area contributed by atoms with Crippen LogP contribution in [0.2, 0.25) is 0 Å². The number of rotatable bonds is 2. The lowest BCUT2D eigenvalue weighted by Gasteiger charge is -1.79. The number of allylic oxidation sites excluding steroid dienone is 2. The van der Waals surface area contributed by atoms with Gasteiger partial charge in [-0.25, -0.2) is 0 Å². The Balaban J connectivity index is 3.49. The minimum absolute atomic E-state index is 0.822. The Morgan fingerprint density at radius 3 is 2.43 bits per heavy atom. The first-order valence-electron chi connectivity index (χ1n) is 2.43. The highest BCUT2D eigenvalue weighted by Crippen LogP contribution is 1.87. The molecular formula is C6H10O. The Morgan fingerprint density at radius 2 is 2.29 bits per heavy atom. The van der Waals surface area contributed by atoms with Gasteiger partial charge < -0.3 is 0 Å². The molecule has 0 fully saturated rings. The first-order valence-corrected chi connectivity index (χ1v) is 2.43. The second kappa shape index (κ2) is 3.59. The van der Waals surface area contributed by atoms with Crippen LogP contribution in [0.25, 0.3) is 0 Å². The lowest BCUT2D eigenvalue weighted by atomic mass is 10.3. The van der Waals surface area contributed by atoms with Crippen molar-refractivity contribution in [2.75, 3.05) is 0 Å². The van der Waals surface area contributed by atoms with Gasteiger partial charge in [0.15, 0.2) is 0 Å². The van der Waals surface area contributed by atoms with Crippen LogP contribution in [-0.4, -0.2) is 6.29 Å². The van der Waals surface area contributed by atoms with Crippen LogP contribution in [0.3, 0.4) is 0 Å². The molecule has 0 aromatic heterocycles. The molecule has 40 valence electrons. The molecule has 0 heterocycles. The predicted molar refractivity (Wildman–Crippen MR) is 30.1 cm³/mol. The maximum absolute atomic E-state index is 9.83. The highest BCUT2D eigenvalue weighted by atomic mass is 16.1. The van der Waals surface area contributed by atoms with E-state index in [0.29, 0.717) is 0 Å². The second-order valence-corrected chi connectivity index (χ2v) is 1.47. The van der Waals surface area contributed by atoms with Crippen molar-refractivity contribution in [2.24, 2.45) is 0 Å². The number of carbonyl (C=O) groups excluding carboxylic acids is 1. The van der Waals surface area contributed by atoms with E-state index in [0.717, 1.165) is 18.3 Å². The van der Waals surface area contributed by atoms with Crippen molar-refractivity contribution < 1.29 is 4.79 Å². The lowest BCUT2D eigenvalue weighted by molar-refractivity contribution is -0.104. The Hall–Kier alpha value is -0.590. The molecular weight excluding hydrogens is 88.1 g/mol. The second-order valence-electron chi connectivity index (χ2n) is 1.47. The monoisotopic (exact) mass is 98.1 g/mol. The molecule has 0 saturated heterocycles. The van der Waals surface area contributed by atoms with Gasteiger partial charge in [0.25, 0.3) is 0 Å². The molecule has 0 aromatic rings. The fraction of sp³-hybridized carbons (Fsp3) is 0.500. The summed E-state index contributed by atoms with van der Waals surface area (Å²) in [5.41, 5.74) is 0.822. The number of hydrogen-bond acceptors (Lipinski definition) is 1. The molecule has 1 heteroatoms. The van der Waals surface area contributed by atoms with E-state index in [1.165, 1.54) is 0 Å². The molecule has 0 radical (unpaired) electrons. The van der Waals surface area contributed by atoms with Gasteiger partial charge in [0, 0.05) is 0 Å². The van der Waals surface area contributed by atoms with Crippen molar-refractivity contribution in [3.63, 3.8) is 0 Å². The van der Waals surface area contributed by atoms with Gasteiger partial charge in [0.1, 0.15) is 6.29 Å².